The monoisotopic (exact) mass is 238 g/mol. The Bertz CT molecular complexity index is 372. The van der Waals surface area contributed by atoms with Crippen molar-refractivity contribution in [2.75, 3.05) is 18.8 Å². The molecule has 0 amide bonds. The third-order valence-corrected chi connectivity index (χ3v) is 3.78. The van der Waals surface area contributed by atoms with Gasteiger partial charge in [0, 0.05) is 32.1 Å². The Morgan fingerprint density at radius 3 is 3.12 bits per heavy atom. The zero-order valence-corrected chi connectivity index (χ0v) is 10.6. The van der Waals surface area contributed by atoms with E-state index in [0.29, 0.717) is 5.92 Å². The second kappa shape index (κ2) is 5.39. The van der Waals surface area contributed by atoms with Crippen molar-refractivity contribution < 1.29 is 0 Å². The molecule has 1 aliphatic heterocycles. The van der Waals surface area contributed by atoms with Crippen LogP contribution in [0.5, 0.6) is 0 Å². The van der Waals surface area contributed by atoms with Crippen molar-refractivity contribution in [3.63, 3.8) is 0 Å². The summed E-state index contributed by atoms with van der Waals surface area (Å²) in [6.45, 7) is 4.14. The first-order valence-corrected chi connectivity index (χ1v) is 6.61. The molecule has 1 aromatic heterocycles. The molecule has 1 N–H and O–H groups in total. The molecule has 0 fully saturated rings. The minimum Gasteiger partial charge on any atom is -0.365 e. The summed E-state index contributed by atoms with van der Waals surface area (Å²) in [6, 6.07) is 0. The number of hydrogen-bond acceptors (Lipinski definition) is 4. The van der Waals surface area contributed by atoms with Gasteiger partial charge in [-0.1, -0.05) is 18.7 Å². The summed E-state index contributed by atoms with van der Waals surface area (Å²) >= 11 is 1.83. The maximum Gasteiger partial charge on any atom is 0.156 e. The quantitative estimate of drug-likeness (QED) is 0.863. The Morgan fingerprint density at radius 1 is 1.62 bits per heavy atom. The minimum absolute atomic E-state index is 0.717. The molecule has 0 aromatic carbocycles. The summed E-state index contributed by atoms with van der Waals surface area (Å²) in [6.07, 6.45) is 4.97. The Kier molecular flexibility index (Phi) is 3.88. The topological polar surface area (TPSA) is 42.2 Å². The highest BCUT2D eigenvalue weighted by atomic mass is 32.2. The molecule has 1 unspecified atom stereocenters. The zero-order valence-electron chi connectivity index (χ0n) is 9.81. The van der Waals surface area contributed by atoms with Crippen LogP contribution >= 0.6 is 11.8 Å². The van der Waals surface area contributed by atoms with Gasteiger partial charge in [0.1, 0.15) is 0 Å². The lowest BCUT2D eigenvalue weighted by atomic mass is 10.2. The molecule has 0 radical (unpaired) electrons. The fraction of sp³-hybridized carbons (Fsp3) is 0.636. The lowest BCUT2D eigenvalue weighted by Gasteiger charge is -2.17. The smallest absolute Gasteiger partial charge is 0.156 e. The first kappa shape index (κ1) is 11.5. The van der Waals surface area contributed by atoms with Gasteiger partial charge in [0.15, 0.2) is 5.17 Å². The van der Waals surface area contributed by atoms with Crippen LogP contribution in [0, 0.1) is 5.92 Å². The molecule has 1 aliphatic rings. The summed E-state index contributed by atoms with van der Waals surface area (Å²) in [5.41, 5.74) is 1.27. The van der Waals surface area contributed by atoms with Crippen LogP contribution in [-0.2, 0) is 13.5 Å². The number of thioether (sulfide) groups is 1. The Morgan fingerprint density at radius 2 is 2.50 bits per heavy atom. The molecule has 88 valence electrons. The molecular formula is C11H18N4S. The first-order chi connectivity index (χ1) is 7.74. The second-order valence-electron chi connectivity index (χ2n) is 4.26. The van der Waals surface area contributed by atoms with Gasteiger partial charge in [0.25, 0.3) is 0 Å². The van der Waals surface area contributed by atoms with Crippen LogP contribution in [0.25, 0.3) is 0 Å². The molecule has 1 atom stereocenters. The van der Waals surface area contributed by atoms with Gasteiger partial charge in [-0.3, -0.25) is 9.67 Å². The predicted molar refractivity (Wildman–Crippen MR) is 68.8 cm³/mol. The Labute approximate surface area is 101 Å². The van der Waals surface area contributed by atoms with Crippen molar-refractivity contribution in [3.05, 3.63) is 18.0 Å². The Hall–Kier alpha value is -0.970. The molecule has 0 bridgehead atoms. The number of nitrogens with zero attached hydrogens (tertiary/aromatic N) is 3. The molecule has 2 rings (SSSR count). The number of aromatic nitrogens is 2. The highest BCUT2D eigenvalue weighted by molar-refractivity contribution is 8.13. The number of aliphatic imine (C=N–C) groups is 1. The lowest BCUT2D eigenvalue weighted by molar-refractivity contribution is 0.669. The molecule has 0 spiro atoms. The molecular weight excluding hydrogens is 220 g/mol. The maximum atomic E-state index is 4.49. The summed E-state index contributed by atoms with van der Waals surface area (Å²) in [4.78, 5) is 4.49. The highest BCUT2D eigenvalue weighted by Gasteiger charge is 2.11. The van der Waals surface area contributed by atoms with Gasteiger partial charge in [-0.15, -0.1) is 0 Å². The predicted octanol–water partition coefficient (Wildman–Crippen LogP) is 1.29. The standard InChI is InChI=1S/C11H18N4S/c1-9-5-13-11(16-8-9)12-4-3-10-6-14-15(2)7-10/h6-7,9H,3-5,8H2,1-2H3,(H,12,13). The molecule has 16 heavy (non-hydrogen) atoms. The van der Waals surface area contributed by atoms with Crippen LogP contribution in [0.4, 0.5) is 0 Å². The van der Waals surface area contributed by atoms with E-state index >= 15 is 0 Å². The highest BCUT2D eigenvalue weighted by Crippen LogP contribution is 2.15. The second-order valence-corrected chi connectivity index (χ2v) is 5.27. The van der Waals surface area contributed by atoms with Crippen LogP contribution in [0.2, 0.25) is 0 Å². The normalized spacial score (nSPS) is 20.6. The van der Waals surface area contributed by atoms with Gasteiger partial charge in [-0.2, -0.15) is 5.10 Å². The molecule has 4 nitrogen and oxygen atoms in total. The van der Waals surface area contributed by atoms with E-state index in [9.17, 15) is 0 Å². The van der Waals surface area contributed by atoms with E-state index in [4.69, 9.17) is 0 Å². The number of nitrogens with one attached hydrogen (secondary N) is 1. The average Bonchev–Trinajstić information content (AvgIpc) is 2.67. The van der Waals surface area contributed by atoms with Gasteiger partial charge >= 0.3 is 0 Å². The number of amidine groups is 1. The summed E-state index contributed by atoms with van der Waals surface area (Å²) in [5.74, 6) is 1.90. The van der Waals surface area contributed by atoms with E-state index in [0.717, 1.165) is 24.7 Å². The largest absolute Gasteiger partial charge is 0.365 e. The van der Waals surface area contributed by atoms with Crippen molar-refractivity contribution in [3.8, 4) is 0 Å². The van der Waals surface area contributed by atoms with E-state index in [-0.39, 0.29) is 0 Å². The van der Waals surface area contributed by atoms with Gasteiger partial charge in [-0.25, -0.2) is 0 Å². The Balaban J connectivity index is 1.72. The van der Waals surface area contributed by atoms with E-state index < -0.39 is 0 Å². The summed E-state index contributed by atoms with van der Waals surface area (Å²) in [7, 11) is 1.94. The molecule has 0 saturated heterocycles. The molecule has 0 saturated carbocycles. The average molecular weight is 238 g/mol. The SMILES string of the molecule is CC1CN=C(NCCc2cnn(C)c2)SC1. The third kappa shape index (κ3) is 3.27. The summed E-state index contributed by atoms with van der Waals surface area (Å²) in [5, 5.41) is 8.62. The number of aryl methyl sites for hydroxylation is 1. The fourth-order valence-corrected chi connectivity index (χ4v) is 2.50. The van der Waals surface area contributed by atoms with Gasteiger partial charge in [0.05, 0.1) is 6.20 Å². The maximum absolute atomic E-state index is 4.49. The minimum atomic E-state index is 0.717. The van der Waals surface area contributed by atoms with Crippen molar-refractivity contribution in [1.82, 2.24) is 15.1 Å². The van der Waals surface area contributed by atoms with Crippen molar-refractivity contribution in [2.24, 2.45) is 18.0 Å². The lowest BCUT2D eigenvalue weighted by Crippen LogP contribution is -2.27. The van der Waals surface area contributed by atoms with Gasteiger partial charge in [0.2, 0.25) is 0 Å². The molecule has 2 heterocycles. The van der Waals surface area contributed by atoms with Gasteiger partial charge in [-0.05, 0) is 17.9 Å². The number of rotatable bonds is 3. The van der Waals surface area contributed by atoms with E-state index in [1.54, 1.807) is 0 Å². The third-order valence-electron chi connectivity index (χ3n) is 2.50. The van der Waals surface area contributed by atoms with Crippen LogP contribution in [0.3, 0.4) is 0 Å². The first-order valence-electron chi connectivity index (χ1n) is 5.62. The molecule has 1 aromatic rings. The fourth-order valence-electron chi connectivity index (χ4n) is 1.58. The van der Waals surface area contributed by atoms with E-state index in [2.05, 4.69) is 28.5 Å². The van der Waals surface area contributed by atoms with E-state index in [1.807, 2.05) is 29.7 Å². The van der Waals surface area contributed by atoms with E-state index in [1.165, 1.54) is 11.3 Å². The number of hydrogen-bond donors (Lipinski definition) is 1. The van der Waals surface area contributed by atoms with Crippen molar-refractivity contribution in [2.45, 2.75) is 13.3 Å². The van der Waals surface area contributed by atoms with Crippen LogP contribution in [0.15, 0.2) is 17.4 Å². The van der Waals surface area contributed by atoms with Crippen molar-refractivity contribution in [1.29, 1.82) is 0 Å². The van der Waals surface area contributed by atoms with Crippen LogP contribution in [-0.4, -0.2) is 33.8 Å². The van der Waals surface area contributed by atoms with Gasteiger partial charge < -0.3 is 5.32 Å². The van der Waals surface area contributed by atoms with Crippen molar-refractivity contribution >= 4 is 16.9 Å². The molecule has 5 heteroatoms. The summed E-state index contributed by atoms with van der Waals surface area (Å²) < 4.78 is 1.84. The molecule has 0 aliphatic carbocycles. The van der Waals surface area contributed by atoms with Crippen LogP contribution < -0.4 is 5.32 Å². The van der Waals surface area contributed by atoms with Crippen LogP contribution in [0.1, 0.15) is 12.5 Å². The zero-order chi connectivity index (χ0) is 11.4.